The van der Waals surface area contributed by atoms with Crippen molar-refractivity contribution in [2.24, 2.45) is 5.92 Å². The first-order chi connectivity index (χ1) is 12.1. The summed E-state index contributed by atoms with van der Waals surface area (Å²) in [5.74, 6) is 0.764. The number of carbonyl (C=O) groups excluding carboxylic acids is 1. The summed E-state index contributed by atoms with van der Waals surface area (Å²) in [5, 5.41) is 2.96. The molecule has 0 spiro atoms. The van der Waals surface area contributed by atoms with Crippen molar-refractivity contribution >= 4 is 15.9 Å². The van der Waals surface area contributed by atoms with Crippen molar-refractivity contribution in [2.75, 3.05) is 19.6 Å². The minimum atomic E-state index is -3.39. The van der Waals surface area contributed by atoms with Crippen LogP contribution in [0.5, 0.6) is 0 Å². The number of sulfonamides is 1. The maximum atomic E-state index is 12.7. The van der Waals surface area contributed by atoms with Crippen LogP contribution in [0.3, 0.4) is 0 Å². The molecule has 1 saturated heterocycles. The lowest BCUT2D eigenvalue weighted by molar-refractivity contribution is -0.121. The van der Waals surface area contributed by atoms with Crippen LogP contribution >= 0.6 is 0 Å². The molecule has 0 unspecified atom stereocenters. The van der Waals surface area contributed by atoms with Crippen molar-refractivity contribution < 1.29 is 13.2 Å². The number of nitrogens with zero attached hydrogens (tertiary/aromatic N) is 1. The molecule has 2 aliphatic rings. The molecule has 1 saturated carbocycles. The van der Waals surface area contributed by atoms with E-state index in [2.05, 4.69) is 5.32 Å². The quantitative estimate of drug-likeness (QED) is 0.809. The molecule has 0 atom stereocenters. The van der Waals surface area contributed by atoms with Crippen LogP contribution in [0.15, 0.2) is 29.2 Å². The van der Waals surface area contributed by atoms with Gasteiger partial charge in [0.15, 0.2) is 0 Å². The van der Waals surface area contributed by atoms with Crippen molar-refractivity contribution in [1.82, 2.24) is 9.62 Å². The van der Waals surface area contributed by atoms with Crippen LogP contribution in [0.2, 0.25) is 0 Å². The van der Waals surface area contributed by atoms with E-state index in [4.69, 9.17) is 0 Å². The lowest BCUT2D eigenvalue weighted by Crippen LogP contribution is -2.31. The normalized spacial score (nSPS) is 19.4. The van der Waals surface area contributed by atoms with E-state index in [1.807, 2.05) is 12.1 Å². The number of nitrogens with one attached hydrogen (secondary N) is 1. The van der Waals surface area contributed by atoms with E-state index >= 15 is 0 Å². The highest BCUT2D eigenvalue weighted by Crippen LogP contribution is 2.27. The second kappa shape index (κ2) is 8.32. The lowest BCUT2D eigenvalue weighted by atomic mass is 10.1. The Hall–Kier alpha value is -1.40. The molecule has 5 nitrogen and oxygen atoms in total. The number of amides is 1. The Kier molecular flexibility index (Phi) is 6.12. The predicted molar refractivity (Wildman–Crippen MR) is 97.7 cm³/mol. The van der Waals surface area contributed by atoms with Gasteiger partial charge in [-0.25, -0.2) is 8.42 Å². The molecule has 1 aromatic rings. The van der Waals surface area contributed by atoms with Gasteiger partial charge in [-0.1, -0.05) is 25.0 Å². The fourth-order valence-corrected chi connectivity index (χ4v) is 4.70. The monoisotopic (exact) mass is 364 g/mol. The Morgan fingerprint density at radius 1 is 1.04 bits per heavy atom. The topological polar surface area (TPSA) is 66.5 Å². The van der Waals surface area contributed by atoms with Gasteiger partial charge in [0.1, 0.15) is 0 Å². The summed E-state index contributed by atoms with van der Waals surface area (Å²) in [6, 6.07) is 7.02. The fourth-order valence-electron chi connectivity index (χ4n) is 3.19. The summed E-state index contributed by atoms with van der Waals surface area (Å²) < 4.78 is 27.1. The van der Waals surface area contributed by atoms with Gasteiger partial charge in [-0.2, -0.15) is 4.31 Å². The molecule has 138 valence electrons. The number of hydrogen-bond donors (Lipinski definition) is 1. The van der Waals surface area contributed by atoms with E-state index in [0.29, 0.717) is 36.7 Å². The first-order valence-electron chi connectivity index (χ1n) is 9.41. The van der Waals surface area contributed by atoms with Gasteiger partial charge >= 0.3 is 0 Å². The third-order valence-corrected chi connectivity index (χ3v) is 6.96. The highest BCUT2D eigenvalue weighted by molar-refractivity contribution is 7.89. The zero-order valence-corrected chi connectivity index (χ0v) is 15.6. The first-order valence-corrected chi connectivity index (χ1v) is 10.9. The van der Waals surface area contributed by atoms with Gasteiger partial charge in [0.25, 0.3) is 0 Å². The van der Waals surface area contributed by atoms with Gasteiger partial charge in [0, 0.05) is 26.1 Å². The van der Waals surface area contributed by atoms with Gasteiger partial charge in [-0.05, 0) is 55.7 Å². The van der Waals surface area contributed by atoms with Gasteiger partial charge < -0.3 is 5.32 Å². The van der Waals surface area contributed by atoms with Crippen molar-refractivity contribution in [3.63, 3.8) is 0 Å². The van der Waals surface area contributed by atoms with E-state index in [0.717, 1.165) is 37.8 Å². The summed E-state index contributed by atoms with van der Waals surface area (Å²) in [6.07, 6.45) is 7.63. The molecule has 3 rings (SSSR count). The summed E-state index contributed by atoms with van der Waals surface area (Å²) in [4.78, 5) is 12.2. The third-order valence-electron chi connectivity index (χ3n) is 5.05. The Morgan fingerprint density at radius 2 is 1.68 bits per heavy atom. The van der Waals surface area contributed by atoms with Crippen LogP contribution in [0, 0.1) is 5.92 Å². The van der Waals surface area contributed by atoms with Crippen molar-refractivity contribution in [1.29, 1.82) is 0 Å². The molecule has 1 heterocycles. The average molecular weight is 365 g/mol. The van der Waals surface area contributed by atoms with Gasteiger partial charge in [-0.3, -0.25) is 4.79 Å². The van der Waals surface area contributed by atoms with Crippen molar-refractivity contribution in [3.05, 3.63) is 29.8 Å². The van der Waals surface area contributed by atoms with E-state index in [1.165, 1.54) is 12.8 Å². The molecule has 1 N–H and O–H groups in total. The highest BCUT2D eigenvalue weighted by Gasteiger charge is 2.25. The van der Waals surface area contributed by atoms with Gasteiger partial charge in [0.2, 0.25) is 15.9 Å². The molecule has 0 aromatic heterocycles. The van der Waals surface area contributed by atoms with E-state index in [9.17, 15) is 13.2 Å². The Morgan fingerprint density at radius 3 is 2.28 bits per heavy atom. The molecule has 1 aliphatic heterocycles. The number of rotatable bonds is 7. The van der Waals surface area contributed by atoms with E-state index < -0.39 is 10.0 Å². The van der Waals surface area contributed by atoms with E-state index in [1.54, 1.807) is 16.4 Å². The van der Waals surface area contributed by atoms with Crippen molar-refractivity contribution in [3.8, 4) is 0 Å². The lowest BCUT2D eigenvalue weighted by Gasteiger charge is -2.20. The Balaban J connectivity index is 1.54. The van der Waals surface area contributed by atoms with Crippen LogP contribution in [-0.2, 0) is 21.2 Å². The first kappa shape index (κ1) is 18.4. The predicted octanol–water partition coefficient (Wildman–Crippen LogP) is 2.71. The molecular weight excluding hydrogens is 336 g/mol. The molecule has 25 heavy (non-hydrogen) atoms. The fraction of sp³-hybridized carbons (Fsp3) is 0.632. The van der Waals surface area contributed by atoms with Gasteiger partial charge in [-0.15, -0.1) is 0 Å². The largest absolute Gasteiger partial charge is 0.356 e. The van der Waals surface area contributed by atoms with Crippen LogP contribution in [0.4, 0.5) is 0 Å². The summed E-state index contributed by atoms with van der Waals surface area (Å²) in [6.45, 7) is 2.03. The maximum absolute atomic E-state index is 12.7. The second-order valence-corrected chi connectivity index (χ2v) is 9.15. The number of benzene rings is 1. The molecule has 0 bridgehead atoms. The minimum Gasteiger partial charge on any atom is -0.356 e. The van der Waals surface area contributed by atoms with Crippen LogP contribution < -0.4 is 5.32 Å². The Bertz CT molecular complexity index is 673. The molecule has 1 amide bonds. The van der Waals surface area contributed by atoms with Crippen LogP contribution in [0.1, 0.15) is 50.5 Å². The standard InChI is InChI=1S/C19H28N2O3S/c22-19(20-15-17-5-6-17)12-9-16-7-10-18(11-8-16)25(23,24)21-13-3-1-2-4-14-21/h7-8,10-11,17H,1-6,9,12-15H2,(H,20,22). The molecule has 6 heteroatoms. The molecule has 2 fully saturated rings. The highest BCUT2D eigenvalue weighted by atomic mass is 32.2. The van der Waals surface area contributed by atoms with Crippen molar-refractivity contribution in [2.45, 2.75) is 56.3 Å². The molecular formula is C19H28N2O3S. The maximum Gasteiger partial charge on any atom is 0.243 e. The molecule has 1 aliphatic carbocycles. The third kappa shape index (κ3) is 5.28. The molecule has 1 aromatic carbocycles. The van der Waals surface area contributed by atoms with Crippen LogP contribution in [-0.4, -0.2) is 38.3 Å². The van der Waals surface area contributed by atoms with Gasteiger partial charge in [0.05, 0.1) is 4.90 Å². The number of hydrogen-bond acceptors (Lipinski definition) is 3. The number of carbonyl (C=O) groups is 1. The Labute approximate surface area is 150 Å². The summed E-state index contributed by atoms with van der Waals surface area (Å²) in [7, 11) is -3.39. The zero-order chi connectivity index (χ0) is 17.7. The SMILES string of the molecule is O=C(CCc1ccc(S(=O)(=O)N2CCCCCC2)cc1)NCC1CC1. The summed E-state index contributed by atoms with van der Waals surface area (Å²) in [5.41, 5.74) is 0.997. The minimum absolute atomic E-state index is 0.0770. The van der Waals surface area contributed by atoms with E-state index in [-0.39, 0.29) is 5.91 Å². The molecule has 0 radical (unpaired) electrons. The zero-order valence-electron chi connectivity index (χ0n) is 14.7. The second-order valence-electron chi connectivity index (χ2n) is 7.21. The number of aryl methyl sites for hydroxylation is 1. The van der Waals surface area contributed by atoms with Crippen LogP contribution in [0.25, 0.3) is 0 Å². The summed E-state index contributed by atoms with van der Waals surface area (Å²) >= 11 is 0. The average Bonchev–Trinajstić information content (AvgIpc) is 3.45. The smallest absolute Gasteiger partial charge is 0.243 e.